The molecule has 662 valence electrons. The molecule has 0 aliphatic heterocycles. The highest BCUT2D eigenvalue weighted by molar-refractivity contribution is 6.37. The first-order valence-electron chi connectivity index (χ1n) is 39.3. The number of benzene rings is 4. The molecule has 0 aliphatic carbocycles. The Morgan fingerprint density at radius 1 is 0.405 bits per heavy atom. The van der Waals surface area contributed by atoms with Gasteiger partial charge in [-0.3, -0.25) is 52.4 Å². The molecule has 12 aromatic heterocycles. The van der Waals surface area contributed by atoms with E-state index in [1.165, 1.54) is 48.9 Å². The van der Waals surface area contributed by atoms with Crippen LogP contribution in [0.5, 0.6) is 0 Å². The summed E-state index contributed by atoms with van der Waals surface area (Å²) in [5, 5.41) is 42.4. The number of anilines is 9. The first-order valence-corrected chi connectivity index (χ1v) is 41.2. The number of nitrogens with zero attached hydrogens (tertiary/aromatic N) is 23. The summed E-state index contributed by atoms with van der Waals surface area (Å²) in [6.07, 6.45) is 8.67. The number of hydrogen-bond donors (Lipinski definition) is 9. The van der Waals surface area contributed by atoms with Crippen molar-refractivity contribution < 1.29 is 13.2 Å². The van der Waals surface area contributed by atoms with E-state index in [1.54, 1.807) is 128 Å². The Labute approximate surface area is 766 Å². The van der Waals surface area contributed by atoms with E-state index in [9.17, 15) is 48.1 Å². The fourth-order valence-corrected chi connectivity index (χ4v) is 15.1. The van der Waals surface area contributed by atoms with E-state index in [1.807, 2.05) is 45.0 Å². The third-order valence-corrected chi connectivity index (χ3v) is 21.8. The number of rotatable bonds is 17. The topological polar surface area (TPSA) is 544 Å². The Hall–Kier alpha value is -15.7. The maximum atomic E-state index is 14.4. The second kappa shape index (κ2) is 38.8. The molecule has 0 saturated carbocycles. The monoisotopic (exact) mass is 1860 g/mol. The largest absolute Gasteiger partial charge is 0.384 e. The van der Waals surface area contributed by atoms with Gasteiger partial charge in [0, 0.05) is 17.8 Å². The molecule has 4 atom stereocenters. The fraction of sp³-hybridized carbons (Fsp3) is 0.184. The average molecular weight is 1870 g/mol. The molecule has 0 bridgehead atoms. The third kappa shape index (κ3) is 19.1. The van der Waals surface area contributed by atoms with Crippen molar-refractivity contribution in [3.8, 4) is 41.0 Å². The number of pyridine rings is 4. The molecule has 0 radical (unpaired) electrons. The number of fused-ring (bicyclic) bond motifs is 4. The molecule has 44 heteroatoms. The van der Waals surface area contributed by atoms with Crippen molar-refractivity contribution in [2.45, 2.75) is 107 Å². The molecule has 16 rings (SSSR count). The normalized spacial score (nSPS) is 11.9. The highest BCUT2D eigenvalue weighted by atomic mass is 35.5. The van der Waals surface area contributed by atoms with Gasteiger partial charge in [-0.05, 0) is 148 Å². The molecule has 36 nitrogen and oxygen atoms in total. The van der Waals surface area contributed by atoms with Gasteiger partial charge in [0.25, 0.3) is 22.2 Å². The van der Waals surface area contributed by atoms with Crippen LogP contribution in [0.4, 0.5) is 65.5 Å². The lowest BCUT2D eigenvalue weighted by Gasteiger charge is -2.23. The molecule has 0 aliphatic rings. The Morgan fingerprint density at radius 3 is 1.30 bits per heavy atom. The first kappa shape index (κ1) is 92.9. The van der Waals surface area contributed by atoms with Gasteiger partial charge in [0.1, 0.15) is 133 Å². The van der Waals surface area contributed by atoms with Crippen molar-refractivity contribution in [1.82, 2.24) is 98.0 Å². The van der Waals surface area contributed by atoms with Crippen LogP contribution in [0.2, 0.25) is 25.1 Å². The zero-order chi connectivity index (χ0) is 94.6. The number of nitrogen functional groups attached to an aromatic ring is 5. The van der Waals surface area contributed by atoms with Gasteiger partial charge in [-0.15, -0.1) is 0 Å². The minimum absolute atomic E-state index is 0.0283. The summed E-state index contributed by atoms with van der Waals surface area (Å²) >= 11 is 31.3. The van der Waals surface area contributed by atoms with Gasteiger partial charge in [-0.2, -0.15) is 15.8 Å². The molecule has 131 heavy (non-hydrogen) atoms. The molecule has 14 N–H and O–H groups in total. The Balaban J connectivity index is 0.000000149. The van der Waals surface area contributed by atoms with E-state index in [0.717, 1.165) is 24.0 Å². The number of nitrogens with two attached hydrogens (primary N) is 5. The predicted molar refractivity (Wildman–Crippen MR) is 496 cm³/mol. The molecular weight excluding hydrogens is 1790 g/mol. The third-order valence-electron chi connectivity index (χ3n) is 20.1. The van der Waals surface area contributed by atoms with Crippen LogP contribution in [0.1, 0.15) is 138 Å². The minimum atomic E-state index is -0.724. The molecule has 0 amide bonds. The molecule has 0 unspecified atom stereocenters. The summed E-state index contributed by atoms with van der Waals surface area (Å²) in [5.41, 5.74) is 31.9. The van der Waals surface area contributed by atoms with Gasteiger partial charge >= 0.3 is 0 Å². The van der Waals surface area contributed by atoms with Crippen LogP contribution in [0.15, 0.2) is 147 Å². The maximum Gasteiger partial charge on any atom is 0.267 e. The van der Waals surface area contributed by atoms with Crippen molar-refractivity contribution >= 4 is 154 Å². The predicted octanol–water partition coefficient (Wildman–Crippen LogP) is 14.7. The Morgan fingerprint density at radius 2 is 0.824 bits per heavy atom. The van der Waals surface area contributed by atoms with Gasteiger partial charge in [-0.1, -0.05) is 83.1 Å². The quantitative estimate of drug-likeness (QED) is 0.0409. The van der Waals surface area contributed by atoms with Crippen LogP contribution in [0, 0.1) is 99.9 Å². The van der Waals surface area contributed by atoms with Crippen LogP contribution >= 0.6 is 58.0 Å². The van der Waals surface area contributed by atoms with E-state index >= 15 is 0 Å². The molecule has 12 heterocycles. The molecule has 4 aromatic carbocycles. The number of aryl methyl sites for hydroxylation is 6. The summed E-state index contributed by atoms with van der Waals surface area (Å²) in [7, 11) is 0. The molecule has 0 saturated heterocycles. The molecule has 0 spiro atoms. The van der Waals surface area contributed by atoms with Crippen LogP contribution in [0.25, 0.3) is 66.4 Å². The Kier molecular flexibility index (Phi) is 27.6. The van der Waals surface area contributed by atoms with E-state index in [2.05, 4.69) is 91.0 Å². The standard InChI is InChI=1S/C23H20ClFN8O.C22H18ClFN8O.C22H19ClN8O.C20H17Cl2FN8O/c1-4-16(31-21-13(8-26)20(27)29-12(3)30-21)22-32-17-7-5-6-14(24)19(17)23(34)33(22)18-10-28-9-15(25)11(18)2;1-10-17(7-13(24)9-27-10)32-21(31-16-6-4-5-15(23)18(16)22(32)33)11(2)28-20-14(8-25)19(26)29-12(3)30-20;1-11-7-14(10-26-9-11)31-21(30-17-6-4-5-16(23)18(17)22(31)32)12(2)27-20-15(8-24)19(25)28-13(3)29-20;1-8(27-18-16(22)17(25)28-9(2)29-18)19-30-12-5-4-11(23)15(21)14(12)20(32)31(19)10-3-6-13(24)26-7-10/h5-7,9-10,16H,4H2,1-3H3,(H3,27,29,30,31);4-7,9,11H,1-3H3,(H3,26,28,29,30);4-7,9-10,12H,1-3H3,(H3,25,27,28,29);3-8H,1-2H3,(H2,24,26)(H3,25,27,28,29)/t16-;11-;12-;8-/m0000/s1. The Bertz CT molecular complexity index is 7700. The lowest BCUT2D eigenvalue weighted by molar-refractivity contribution is 0.604. The molecule has 0 fully saturated rings. The highest BCUT2D eigenvalue weighted by Gasteiger charge is 2.30. The lowest BCUT2D eigenvalue weighted by Crippen LogP contribution is -2.29. The van der Waals surface area contributed by atoms with E-state index in [-0.39, 0.29) is 151 Å². The summed E-state index contributed by atoms with van der Waals surface area (Å²) in [4.78, 5) is 122. The number of nitriles is 3. The van der Waals surface area contributed by atoms with E-state index in [0.29, 0.717) is 79.6 Å². The van der Waals surface area contributed by atoms with Crippen molar-refractivity contribution in [2.75, 3.05) is 49.9 Å². The van der Waals surface area contributed by atoms with Crippen molar-refractivity contribution in [2.24, 2.45) is 0 Å². The van der Waals surface area contributed by atoms with Crippen molar-refractivity contribution in [3.63, 3.8) is 0 Å². The van der Waals surface area contributed by atoms with Gasteiger partial charge in [-0.25, -0.2) is 78.0 Å². The van der Waals surface area contributed by atoms with Gasteiger partial charge in [0.15, 0.2) is 23.3 Å². The van der Waals surface area contributed by atoms with Crippen LogP contribution in [-0.2, 0) is 0 Å². The second-order valence-corrected chi connectivity index (χ2v) is 31.3. The highest BCUT2D eigenvalue weighted by Crippen LogP contribution is 2.36. The van der Waals surface area contributed by atoms with Gasteiger partial charge in [0.05, 0.1) is 147 Å². The summed E-state index contributed by atoms with van der Waals surface area (Å²) in [5.74, 6) is 2.31. The molecular formula is C87H74Cl5F3N32O4. The second-order valence-electron chi connectivity index (χ2n) is 29.3. The average Bonchev–Trinajstić information content (AvgIpc) is 0.761. The summed E-state index contributed by atoms with van der Waals surface area (Å²) < 4.78 is 48.0. The molecule has 16 aromatic rings. The minimum Gasteiger partial charge on any atom is -0.384 e. The fourth-order valence-electron chi connectivity index (χ4n) is 14.0. The number of aromatic nitrogens is 20. The number of halogens is 8. The summed E-state index contributed by atoms with van der Waals surface area (Å²) in [6, 6.07) is 27.3. The number of nitrogens with one attached hydrogen (secondary N) is 4. The lowest BCUT2D eigenvalue weighted by atomic mass is 10.1. The van der Waals surface area contributed by atoms with Crippen LogP contribution in [-0.4, -0.2) is 98.0 Å². The van der Waals surface area contributed by atoms with E-state index in [4.69, 9.17) is 96.6 Å². The van der Waals surface area contributed by atoms with Crippen LogP contribution in [0.3, 0.4) is 0 Å². The zero-order valence-electron chi connectivity index (χ0n) is 71.0. The SMILES string of the molecule is CC[C@H](Nc1nc(C)nc(N)c1C#N)c1nc2cccc(Cl)c2c(=O)n1-c1cncc(F)c1C.Cc1cncc(-n2c([C@H](C)Nc3nc(C)nc(N)c3C#N)nc3cccc(Cl)c3c2=O)c1.Cc1nc(N)c(C#N)c(N[C@@H](C)c2nc3cccc(Cl)c3c(=O)n2-c2cc(F)cnc2C)n1.Cc1nc(N)c(Cl)c(N[C@@H](C)c2nc3ccc(F)c(Cl)c3c(=O)n2-c2ccc(N)nc2)n1. The van der Waals surface area contributed by atoms with Gasteiger partial charge in [0.2, 0.25) is 0 Å². The van der Waals surface area contributed by atoms with Gasteiger partial charge < -0.3 is 49.9 Å². The van der Waals surface area contributed by atoms with Crippen molar-refractivity contribution in [1.29, 1.82) is 15.8 Å². The zero-order valence-corrected chi connectivity index (χ0v) is 74.7. The maximum absolute atomic E-state index is 14.4. The smallest absolute Gasteiger partial charge is 0.267 e. The first-order chi connectivity index (χ1) is 62.4. The number of hydrogen-bond acceptors (Lipinski definition) is 32. The summed E-state index contributed by atoms with van der Waals surface area (Å²) in [6.45, 7) is 18.9. The van der Waals surface area contributed by atoms with Crippen molar-refractivity contribution in [3.05, 3.63) is 292 Å². The van der Waals surface area contributed by atoms with Crippen LogP contribution < -0.4 is 72.2 Å². The van der Waals surface area contributed by atoms with E-state index < -0.39 is 58.3 Å².